The van der Waals surface area contributed by atoms with Crippen LogP contribution in [0.15, 0.2) is 60.7 Å². The number of amides is 1. The molecule has 1 aliphatic rings. The number of hydrogen-bond acceptors (Lipinski definition) is 2. The summed E-state index contributed by atoms with van der Waals surface area (Å²) >= 11 is 2.89. The predicted octanol–water partition coefficient (Wildman–Crippen LogP) is 2.52. The van der Waals surface area contributed by atoms with Crippen LogP contribution in [0, 0.1) is 0 Å². The summed E-state index contributed by atoms with van der Waals surface area (Å²) in [6.07, 6.45) is 0.791. The van der Waals surface area contributed by atoms with Crippen molar-refractivity contribution >= 4 is 26.2 Å². The number of carbonyl (C=O) groups is 1. The number of rotatable bonds is 4. The first-order chi connectivity index (χ1) is 11.2. The summed E-state index contributed by atoms with van der Waals surface area (Å²) in [4.78, 5) is 14.7. The van der Waals surface area contributed by atoms with Crippen LogP contribution >= 0.6 is 0 Å². The van der Waals surface area contributed by atoms with Crippen LogP contribution in [0.4, 0.5) is 0 Å². The van der Waals surface area contributed by atoms with Crippen molar-refractivity contribution in [3.05, 3.63) is 71.8 Å². The third-order valence-corrected chi connectivity index (χ3v) is 4.84. The van der Waals surface area contributed by atoms with Crippen molar-refractivity contribution in [3.8, 4) is 0 Å². The van der Waals surface area contributed by atoms with Gasteiger partial charge in [-0.2, -0.15) is 0 Å². The molecule has 3 nitrogen and oxygen atoms in total. The van der Waals surface area contributed by atoms with Gasteiger partial charge in [0.15, 0.2) is 0 Å². The van der Waals surface area contributed by atoms with Crippen molar-refractivity contribution in [2.24, 2.45) is 0 Å². The minimum absolute atomic E-state index is 0.0345. The zero-order valence-corrected chi connectivity index (χ0v) is 14.7. The van der Waals surface area contributed by atoms with E-state index >= 15 is 0 Å². The van der Waals surface area contributed by atoms with Crippen LogP contribution in [-0.4, -0.2) is 43.8 Å². The second-order valence-corrected chi connectivity index (χ2v) is 6.49. The Kier molecular flexibility index (Phi) is 4.94. The summed E-state index contributed by atoms with van der Waals surface area (Å²) in [5, 5.41) is 0. The van der Waals surface area contributed by atoms with Crippen LogP contribution in [0.25, 0.3) is 0 Å². The third kappa shape index (κ3) is 3.54. The molecule has 1 aliphatic heterocycles. The van der Waals surface area contributed by atoms with E-state index in [9.17, 15) is 4.79 Å². The fourth-order valence-corrected chi connectivity index (χ4v) is 3.50. The van der Waals surface area contributed by atoms with Crippen molar-refractivity contribution in [1.82, 2.24) is 4.90 Å². The first-order valence-electron chi connectivity index (χ1n) is 7.75. The average Bonchev–Trinajstić information content (AvgIpc) is 2.95. The Morgan fingerprint density at radius 3 is 2.43 bits per heavy atom. The van der Waals surface area contributed by atoms with E-state index in [1.165, 1.54) is 5.56 Å². The van der Waals surface area contributed by atoms with Gasteiger partial charge in [0.2, 0.25) is 0 Å². The molecule has 0 unspecified atom stereocenters. The van der Waals surface area contributed by atoms with E-state index in [4.69, 9.17) is 4.74 Å². The molecule has 118 valence electrons. The topological polar surface area (TPSA) is 29.5 Å². The fourth-order valence-electron chi connectivity index (χ4n) is 2.86. The maximum atomic E-state index is 13.0. The number of benzene rings is 2. The Labute approximate surface area is 144 Å². The molecule has 0 aliphatic carbocycles. The molecule has 4 heteroatoms. The number of ether oxygens (including phenoxy) is 1. The van der Waals surface area contributed by atoms with Gasteiger partial charge in [0, 0.05) is 0 Å². The first kappa shape index (κ1) is 16.0. The van der Waals surface area contributed by atoms with Crippen molar-refractivity contribution in [3.63, 3.8) is 0 Å². The summed E-state index contributed by atoms with van der Waals surface area (Å²) in [6.45, 7) is 2.48. The van der Waals surface area contributed by atoms with Crippen LogP contribution in [0.5, 0.6) is 0 Å². The van der Waals surface area contributed by atoms with Crippen LogP contribution in [-0.2, 0) is 16.0 Å². The van der Waals surface area contributed by atoms with E-state index in [0.29, 0.717) is 11.3 Å². The van der Waals surface area contributed by atoms with Gasteiger partial charge in [-0.1, -0.05) is 0 Å². The number of nitrogens with zero attached hydrogens (tertiary/aromatic N) is 1. The second-order valence-electron chi connectivity index (χ2n) is 5.76. The van der Waals surface area contributed by atoms with Gasteiger partial charge >= 0.3 is 144 Å². The van der Waals surface area contributed by atoms with Crippen molar-refractivity contribution in [2.75, 3.05) is 6.61 Å². The standard InChI is InChI=1S/C19H19NO2Se/c1-14(16-10-6-3-7-11-16)18(21)20-17(13-22-19(20)23)12-15-8-4-2-5-9-15/h2-11,14,17H,12-13H2,1H3/t14-,17-/m0/s1. The van der Waals surface area contributed by atoms with E-state index in [-0.39, 0.29) is 17.9 Å². The van der Waals surface area contributed by atoms with E-state index in [1.807, 2.05) is 55.5 Å². The van der Waals surface area contributed by atoms with Crippen molar-refractivity contribution in [1.29, 1.82) is 0 Å². The maximum absolute atomic E-state index is 13.0. The quantitative estimate of drug-likeness (QED) is 0.772. The molecule has 1 heterocycles. The van der Waals surface area contributed by atoms with Crippen molar-refractivity contribution in [2.45, 2.75) is 25.3 Å². The monoisotopic (exact) mass is 373 g/mol. The average molecular weight is 372 g/mol. The zero-order chi connectivity index (χ0) is 16.2. The molecule has 0 radical (unpaired) electrons. The van der Waals surface area contributed by atoms with Crippen LogP contribution in [0.1, 0.15) is 24.0 Å². The van der Waals surface area contributed by atoms with Crippen LogP contribution < -0.4 is 0 Å². The van der Waals surface area contributed by atoms with E-state index in [0.717, 1.165) is 12.0 Å². The first-order valence-corrected chi connectivity index (χ1v) is 8.61. The van der Waals surface area contributed by atoms with Gasteiger partial charge in [-0.05, 0) is 0 Å². The number of hydrogen-bond donors (Lipinski definition) is 0. The van der Waals surface area contributed by atoms with Crippen LogP contribution in [0.3, 0.4) is 0 Å². The van der Waals surface area contributed by atoms with Gasteiger partial charge in [-0.15, -0.1) is 0 Å². The van der Waals surface area contributed by atoms with E-state index in [1.54, 1.807) is 4.90 Å². The molecule has 1 saturated heterocycles. The zero-order valence-electron chi connectivity index (χ0n) is 13.0. The van der Waals surface area contributed by atoms with E-state index in [2.05, 4.69) is 27.7 Å². The fraction of sp³-hybridized carbons (Fsp3) is 0.263. The molecule has 0 aromatic heterocycles. The molecule has 0 N–H and O–H groups in total. The summed E-state index contributed by atoms with van der Waals surface area (Å²) in [5.74, 6) is -0.122. The summed E-state index contributed by atoms with van der Waals surface area (Å²) < 4.78 is 6.21. The summed E-state index contributed by atoms with van der Waals surface area (Å²) in [5.41, 5.74) is 2.23. The van der Waals surface area contributed by atoms with Gasteiger partial charge in [0.1, 0.15) is 0 Å². The van der Waals surface area contributed by atoms with Crippen molar-refractivity contribution < 1.29 is 9.53 Å². The Bertz CT molecular complexity index is 687. The van der Waals surface area contributed by atoms with Gasteiger partial charge in [0.05, 0.1) is 0 Å². The summed E-state index contributed by atoms with van der Waals surface area (Å²) in [7, 11) is 0. The molecule has 2 atom stereocenters. The predicted molar refractivity (Wildman–Crippen MR) is 92.4 cm³/mol. The molecule has 1 amide bonds. The van der Waals surface area contributed by atoms with Gasteiger partial charge in [-0.25, -0.2) is 0 Å². The molecular formula is C19H19NO2Se. The molecule has 1 fully saturated rings. The Morgan fingerprint density at radius 2 is 1.78 bits per heavy atom. The normalized spacial score (nSPS) is 18.6. The molecule has 2 aromatic rings. The second kappa shape index (κ2) is 7.12. The molecule has 0 saturated carbocycles. The van der Waals surface area contributed by atoms with Crippen LogP contribution in [0.2, 0.25) is 0 Å². The molecule has 23 heavy (non-hydrogen) atoms. The Balaban J connectivity index is 1.78. The third-order valence-electron chi connectivity index (χ3n) is 4.18. The molecule has 3 rings (SSSR count). The van der Waals surface area contributed by atoms with Gasteiger partial charge < -0.3 is 0 Å². The van der Waals surface area contributed by atoms with Gasteiger partial charge in [-0.3, -0.25) is 0 Å². The van der Waals surface area contributed by atoms with Gasteiger partial charge in [0.25, 0.3) is 0 Å². The Morgan fingerprint density at radius 1 is 1.17 bits per heavy atom. The summed E-state index contributed by atoms with van der Waals surface area (Å²) in [6, 6.07) is 20.1. The molecular weight excluding hydrogens is 353 g/mol. The van der Waals surface area contributed by atoms with E-state index < -0.39 is 0 Å². The molecule has 0 spiro atoms. The SMILES string of the molecule is C[C@H](C(=O)N1C(=[Se])OC[C@@H]1Cc1ccccc1)c1ccccc1. The molecule has 2 aromatic carbocycles. The Hall–Kier alpha value is -1.90. The minimum atomic E-state index is -0.195. The number of carbonyl (C=O) groups excluding carboxylic acids is 1. The molecule has 0 bridgehead atoms.